The third kappa shape index (κ3) is 4.31. The molecule has 1 N–H and O–H groups in total. The molecule has 2 aromatic rings. The Labute approximate surface area is 177 Å². The van der Waals surface area contributed by atoms with Gasteiger partial charge in [-0.05, 0) is 29.3 Å². The molecule has 1 unspecified atom stereocenters. The summed E-state index contributed by atoms with van der Waals surface area (Å²) in [5, 5.41) is 2.26. The van der Waals surface area contributed by atoms with Crippen LogP contribution in [0.5, 0.6) is 0 Å². The van der Waals surface area contributed by atoms with Crippen LogP contribution in [0.1, 0.15) is 16.4 Å². The molecule has 9 heteroatoms. The second-order valence-corrected chi connectivity index (χ2v) is 11.7. The highest BCUT2D eigenvalue weighted by molar-refractivity contribution is 7.96. The molecule has 30 heavy (non-hydrogen) atoms. The van der Waals surface area contributed by atoms with Crippen molar-refractivity contribution < 1.29 is 21.6 Å². The summed E-state index contributed by atoms with van der Waals surface area (Å²) < 4.78 is 57.3. The van der Waals surface area contributed by atoms with Gasteiger partial charge in [-0.15, -0.1) is 0 Å². The van der Waals surface area contributed by atoms with E-state index in [0.29, 0.717) is 12.1 Å². The average Bonchev–Trinajstić information content (AvgIpc) is 3.05. The first-order valence-corrected chi connectivity index (χ1v) is 13.2. The number of benzene rings is 2. The van der Waals surface area contributed by atoms with Crippen LogP contribution >= 0.6 is 0 Å². The Bertz CT molecular complexity index is 1100. The maximum absolute atomic E-state index is 13.3. The largest absolute Gasteiger partial charge is 0.379 e. The lowest BCUT2D eigenvalue weighted by molar-refractivity contribution is 0.0384. The van der Waals surface area contributed by atoms with Crippen molar-refractivity contribution in [3.8, 4) is 0 Å². The van der Waals surface area contributed by atoms with Crippen LogP contribution in [0.3, 0.4) is 0 Å². The molecule has 0 saturated carbocycles. The number of sulfone groups is 2. The summed E-state index contributed by atoms with van der Waals surface area (Å²) in [7, 11) is -7.47. The zero-order valence-corrected chi connectivity index (χ0v) is 18.3. The van der Waals surface area contributed by atoms with E-state index in [2.05, 4.69) is 10.2 Å². The minimum atomic E-state index is -3.82. The van der Waals surface area contributed by atoms with Crippen LogP contribution in [0.15, 0.2) is 58.3 Å². The molecule has 7 nitrogen and oxygen atoms in total. The monoisotopic (exact) mass is 450 g/mol. The van der Waals surface area contributed by atoms with E-state index in [0.717, 1.165) is 45.0 Å². The predicted octanol–water partition coefficient (Wildman–Crippen LogP) is 1.41. The molecule has 2 aromatic carbocycles. The average molecular weight is 451 g/mol. The minimum Gasteiger partial charge on any atom is -0.379 e. The van der Waals surface area contributed by atoms with Crippen LogP contribution in [0.25, 0.3) is 0 Å². The third-order valence-electron chi connectivity index (χ3n) is 5.65. The summed E-state index contributed by atoms with van der Waals surface area (Å²) in [6.07, 6.45) is 0. The number of hydrogen-bond donors (Lipinski definition) is 1. The second kappa shape index (κ2) is 8.76. The van der Waals surface area contributed by atoms with Crippen molar-refractivity contribution >= 4 is 19.7 Å². The number of hydrogen-bond acceptors (Lipinski definition) is 7. The molecule has 1 fully saturated rings. The van der Waals surface area contributed by atoms with Crippen LogP contribution in [-0.4, -0.2) is 66.9 Å². The summed E-state index contributed by atoms with van der Waals surface area (Å²) in [5.41, 5.74) is 1.14. The Kier molecular flexibility index (Phi) is 6.26. The van der Waals surface area contributed by atoms with Gasteiger partial charge in [0.1, 0.15) is 5.25 Å². The second-order valence-electron chi connectivity index (χ2n) is 7.59. The van der Waals surface area contributed by atoms with E-state index in [1.165, 1.54) is 18.2 Å². The summed E-state index contributed by atoms with van der Waals surface area (Å²) in [5.74, 6) is -0.412. The van der Waals surface area contributed by atoms with E-state index in [4.69, 9.17) is 4.74 Å². The first kappa shape index (κ1) is 21.5. The molecular formula is C21H26N2O5S2. The maximum atomic E-state index is 13.3. The Morgan fingerprint density at radius 3 is 2.50 bits per heavy atom. The van der Waals surface area contributed by atoms with Crippen LogP contribution < -0.4 is 5.32 Å². The van der Waals surface area contributed by atoms with Gasteiger partial charge in [-0.25, -0.2) is 16.8 Å². The van der Waals surface area contributed by atoms with Crippen LogP contribution in [0.2, 0.25) is 0 Å². The molecule has 1 atom stereocenters. The van der Waals surface area contributed by atoms with Gasteiger partial charge < -0.3 is 10.1 Å². The van der Waals surface area contributed by atoms with Crippen LogP contribution in [-0.2, 0) is 31.0 Å². The zero-order valence-electron chi connectivity index (χ0n) is 16.7. The van der Waals surface area contributed by atoms with Crippen molar-refractivity contribution in [2.45, 2.75) is 21.6 Å². The Balaban J connectivity index is 1.57. The normalized spacial score (nSPS) is 21.4. The zero-order chi connectivity index (χ0) is 21.2. The first-order chi connectivity index (χ1) is 14.4. The summed E-state index contributed by atoms with van der Waals surface area (Å²) in [6, 6.07) is 13.1. The van der Waals surface area contributed by atoms with Gasteiger partial charge in [0.2, 0.25) is 0 Å². The van der Waals surface area contributed by atoms with E-state index in [1.54, 1.807) is 24.3 Å². The number of nitrogens with zero attached hydrogens (tertiary/aromatic N) is 1. The van der Waals surface area contributed by atoms with E-state index >= 15 is 0 Å². The van der Waals surface area contributed by atoms with Crippen LogP contribution in [0, 0.1) is 0 Å². The quantitative estimate of drug-likeness (QED) is 0.638. The molecule has 0 spiro atoms. The van der Waals surface area contributed by atoms with Crippen molar-refractivity contribution in [1.82, 2.24) is 10.2 Å². The van der Waals surface area contributed by atoms with Gasteiger partial charge in [0.25, 0.3) is 0 Å². The highest BCUT2D eigenvalue weighted by atomic mass is 32.2. The molecule has 2 aliphatic rings. The molecule has 0 radical (unpaired) electrons. The number of nitrogens with one attached hydrogen (secondary N) is 1. The van der Waals surface area contributed by atoms with Crippen molar-refractivity contribution in [1.29, 1.82) is 0 Å². The molecule has 2 aliphatic heterocycles. The van der Waals surface area contributed by atoms with Gasteiger partial charge >= 0.3 is 0 Å². The fourth-order valence-electron chi connectivity index (χ4n) is 4.06. The van der Waals surface area contributed by atoms with Gasteiger partial charge in [-0.2, -0.15) is 0 Å². The number of ether oxygens (including phenoxy) is 1. The fraction of sp³-hybridized carbons (Fsp3) is 0.429. The molecule has 2 heterocycles. The summed E-state index contributed by atoms with van der Waals surface area (Å²) in [4.78, 5) is 2.59. The fourth-order valence-corrected chi connectivity index (χ4v) is 8.48. The van der Waals surface area contributed by atoms with Crippen molar-refractivity contribution in [3.63, 3.8) is 0 Å². The lowest BCUT2D eigenvalue weighted by Gasteiger charge is -2.26. The predicted molar refractivity (Wildman–Crippen MR) is 114 cm³/mol. The van der Waals surface area contributed by atoms with Gasteiger partial charge in [-0.3, -0.25) is 4.90 Å². The topological polar surface area (TPSA) is 92.8 Å². The molecule has 0 aromatic heterocycles. The Hall–Kier alpha value is -1.78. The molecule has 1 saturated heterocycles. The van der Waals surface area contributed by atoms with E-state index < -0.39 is 30.7 Å². The van der Waals surface area contributed by atoms with Gasteiger partial charge in [-0.1, -0.05) is 30.3 Å². The standard InChI is InChI=1S/C21H26N2O5S2/c24-29(25)16-20(30(26,27)18-6-2-1-3-7-18)21-17(5-4-8-19(21)29)15-22-9-10-23-11-13-28-14-12-23/h1-8,20,22H,9-16H2. The maximum Gasteiger partial charge on any atom is 0.186 e. The molecule has 0 bridgehead atoms. The first-order valence-electron chi connectivity index (χ1n) is 10.0. The van der Waals surface area contributed by atoms with Crippen molar-refractivity contribution in [3.05, 3.63) is 59.7 Å². The third-order valence-corrected chi connectivity index (χ3v) is 9.74. The van der Waals surface area contributed by atoms with E-state index in [-0.39, 0.29) is 9.79 Å². The van der Waals surface area contributed by atoms with Gasteiger partial charge in [0.05, 0.1) is 28.8 Å². The minimum absolute atomic E-state index is 0.138. The number of fused-ring (bicyclic) bond motifs is 1. The SMILES string of the molecule is O=S1(=O)CC(S(=O)(=O)c2ccccc2)c2c(CNCCN3CCOCC3)cccc21. The molecule has 4 rings (SSSR count). The summed E-state index contributed by atoms with van der Waals surface area (Å²) >= 11 is 0. The highest BCUT2D eigenvalue weighted by Gasteiger charge is 2.44. The van der Waals surface area contributed by atoms with Crippen LogP contribution in [0.4, 0.5) is 0 Å². The Morgan fingerprint density at radius 1 is 1.03 bits per heavy atom. The molecule has 162 valence electrons. The highest BCUT2D eigenvalue weighted by Crippen LogP contribution is 2.42. The number of rotatable bonds is 7. The van der Waals surface area contributed by atoms with Gasteiger partial charge in [0, 0.05) is 32.7 Å². The molecular weight excluding hydrogens is 424 g/mol. The molecule has 0 amide bonds. The van der Waals surface area contributed by atoms with Crippen molar-refractivity contribution in [2.75, 3.05) is 45.1 Å². The van der Waals surface area contributed by atoms with E-state index in [9.17, 15) is 16.8 Å². The number of morpholine rings is 1. The lowest BCUT2D eigenvalue weighted by Crippen LogP contribution is -2.40. The summed E-state index contributed by atoms with van der Waals surface area (Å²) in [6.45, 7) is 5.29. The van der Waals surface area contributed by atoms with Crippen molar-refractivity contribution in [2.24, 2.45) is 0 Å². The smallest absolute Gasteiger partial charge is 0.186 e. The van der Waals surface area contributed by atoms with Gasteiger partial charge in [0.15, 0.2) is 19.7 Å². The lowest BCUT2D eigenvalue weighted by atomic mass is 10.1. The Morgan fingerprint density at radius 2 is 1.77 bits per heavy atom. The van der Waals surface area contributed by atoms with E-state index in [1.807, 2.05) is 6.07 Å². The molecule has 0 aliphatic carbocycles.